The van der Waals surface area contributed by atoms with E-state index in [0.717, 1.165) is 41.1 Å². The predicted molar refractivity (Wildman–Crippen MR) is 147 cm³/mol. The highest BCUT2D eigenvalue weighted by molar-refractivity contribution is 7.09. The van der Waals surface area contributed by atoms with Crippen LogP contribution in [0.2, 0.25) is 0 Å². The first-order valence-electron chi connectivity index (χ1n) is 13.9. The number of nitrogens with zero attached hydrogens (tertiary/aromatic N) is 1. The molecule has 0 aliphatic heterocycles. The SMILES string of the molecule is C=C1/C(=C\C=C2/CCC[C@]3(C)[C@@H]([C@H](C)/C=C/[C@H](O)C4(c5nc(C)cs5)CC4)CC[C@@H]23)C[C@@H](O)C[C@@H]1O. The Morgan fingerprint density at radius 3 is 2.64 bits per heavy atom. The van der Waals surface area contributed by atoms with Crippen LogP contribution in [0.3, 0.4) is 0 Å². The van der Waals surface area contributed by atoms with Gasteiger partial charge in [0.15, 0.2) is 0 Å². The van der Waals surface area contributed by atoms with Gasteiger partial charge in [-0.3, -0.25) is 0 Å². The van der Waals surface area contributed by atoms with Gasteiger partial charge in [-0.05, 0) is 92.6 Å². The van der Waals surface area contributed by atoms with Crippen LogP contribution in [0.25, 0.3) is 0 Å². The smallest absolute Gasteiger partial charge is 0.102 e. The van der Waals surface area contributed by atoms with Gasteiger partial charge in [0.2, 0.25) is 0 Å². The van der Waals surface area contributed by atoms with Crippen LogP contribution in [-0.4, -0.2) is 38.6 Å². The molecule has 0 bridgehead atoms. The molecule has 1 heterocycles. The van der Waals surface area contributed by atoms with Crippen molar-refractivity contribution in [3.8, 4) is 0 Å². The van der Waals surface area contributed by atoms with E-state index in [1.165, 1.54) is 31.3 Å². The van der Waals surface area contributed by atoms with E-state index in [-0.39, 0.29) is 10.8 Å². The van der Waals surface area contributed by atoms with Gasteiger partial charge in [-0.2, -0.15) is 0 Å². The Balaban J connectivity index is 1.29. The molecule has 5 heteroatoms. The molecule has 3 N–H and O–H groups in total. The number of aliphatic hydroxyl groups is 3. The van der Waals surface area contributed by atoms with Crippen LogP contribution < -0.4 is 0 Å². The Morgan fingerprint density at radius 1 is 1.17 bits per heavy atom. The molecule has 0 radical (unpaired) electrons. The summed E-state index contributed by atoms with van der Waals surface area (Å²) in [7, 11) is 0. The Morgan fingerprint density at radius 2 is 1.94 bits per heavy atom. The lowest BCUT2D eigenvalue weighted by Crippen LogP contribution is -2.35. The van der Waals surface area contributed by atoms with Gasteiger partial charge in [0.25, 0.3) is 0 Å². The maximum absolute atomic E-state index is 11.1. The van der Waals surface area contributed by atoms with E-state index in [4.69, 9.17) is 0 Å². The number of aryl methyl sites for hydroxylation is 1. The molecular formula is C31H43NO3S. The van der Waals surface area contributed by atoms with E-state index in [1.54, 1.807) is 11.3 Å². The number of hydrogen-bond acceptors (Lipinski definition) is 5. The van der Waals surface area contributed by atoms with Crippen molar-refractivity contribution in [1.82, 2.24) is 4.98 Å². The zero-order valence-electron chi connectivity index (χ0n) is 22.1. The van der Waals surface area contributed by atoms with Crippen molar-refractivity contribution >= 4 is 11.3 Å². The Labute approximate surface area is 220 Å². The lowest BCUT2D eigenvalue weighted by Gasteiger charge is -2.44. The highest BCUT2D eigenvalue weighted by atomic mass is 32.1. The van der Waals surface area contributed by atoms with Gasteiger partial charge in [-0.25, -0.2) is 4.98 Å². The summed E-state index contributed by atoms with van der Waals surface area (Å²) in [6.07, 6.45) is 16.2. The third kappa shape index (κ3) is 4.73. The molecule has 0 aromatic carbocycles. The minimum absolute atomic E-state index is 0.157. The standard InChI is InChI=1S/C31H43NO3S/c1-19(7-12-28(35)31(14-15-31)29-32-20(2)18-36-29)25-10-11-26-22(6-5-13-30(25,26)4)8-9-23-16-24(33)17-27(34)21(23)3/h7-9,12,18-19,24-28,33-35H,3,5-6,10-11,13-17H2,1-2,4H3/b12-7+,22-8+,23-9-/t19-,24-,25-,26+,27+,28+,30-/m1/s1. The van der Waals surface area contributed by atoms with Crippen LogP contribution in [0.4, 0.5) is 0 Å². The van der Waals surface area contributed by atoms with Gasteiger partial charge >= 0.3 is 0 Å². The van der Waals surface area contributed by atoms with Gasteiger partial charge in [0.05, 0.1) is 23.7 Å². The third-order valence-corrected chi connectivity index (χ3v) is 11.1. The van der Waals surface area contributed by atoms with Gasteiger partial charge in [0, 0.05) is 17.5 Å². The zero-order chi connectivity index (χ0) is 25.7. The first-order valence-corrected chi connectivity index (χ1v) is 14.8. The quantitative estimate of drug-likeness (QED) is 0.401. The summed E-state index contributed by atoms with van der Waals surface area (Å²) < 4.78 is 0. The summed E-state index contributed by atoms with van der Waals surface area (Å²) in [6.45, 7) is 10.9. The lowest BCUT2D eigenvalue weighted by atomic mass is 9.61. The maximum atomic E-state index is 11.1. The first-order chi connectivity index (χ1) is 17.1. The number of rotatable bonds is 6. The van der Waals surface area contributed by atoms with Crippen LogP contribution in [0.5, 0.6) is 0 Å². The minimum atomic E-state index is -0.636. The van der Waals surface area contributed by atoms with Crippen molar-refractivity contribution in [2.75, 3.05) is 0 Å². The van der Waals surface area contributed by atoms with Crippen LogP contribution in [-0.2, 0) is 5.41 Å². The second-order valence-corrected chi connectivity index (χ2v) is 13.2. The molecule has 0 saturated heterocycles. The Kier molecular flexibility index (Phi) is 7.23. The average Bonchev–Trinajstić information content (AvgIpc) is 3.41. The van der Waals surface area contributed by atoms with Gasteiger partial charge in [0.1, 0.15) is 5.01 Å². The molecule has 0 spiro atoms. The van der Waals surface area contributed by atoms with Gasteiger partial charge in [-0.15, -0.1) is 11.3 Å². The summed E-state index contributed by atoms with van der Waals surface area (Å²) in [6, 6.07) is 0. The topological polar surface area (TPSA) is 73.6 Å². The second kappa shape index (κ2) is 9.98. The van der Waals surface area contributed by atoms with Crippen molar-refractivity contribution in [3.63, 3.8) is 0 Å². The molecule has 4 nitrogen and oxygen atoms in total. The minimum Gasteiger partial charge on any atom is -0.393 e. The van der Waals surface area contributed by atoms with E-state index in [2.05, 4.69) is 55.1 Å². The van der Waals surface area contributed by atoms with E-state index in [9.17, 15) is 15.3 Å². The molecule has 36 heavy (non-hydrogen) atoms. The highest BCUT2D eigenvalue weighted by Gasteiger charge is 2.53. The number of hydrogen-bond donors (Lipinski definition) is 3. The van der Waals surface area contributed by atoms with E-state index in [1.807, 2.05) is 6.92 Å². The summed E-state index contributed by atoms with van der Waals surface area (Å²) in [5.74, 6) is 1.60. The molecule has 4 aliphatic rings. The van der Waals surface area contributed by atoms with Gasteiger partial charge < -0.3 is 15.3 Å². The summed E-state index contributed by atoms with van der Waals surface area (Å²) in [5, 5.41) is 34.6. The van der Waals surface area contributed by atoms with Crippen molar-refractivity contribution in [3.05, 3.63) is 63.7 Å². The fourth-order valence-electron chi connectivity index (χ4n) is 7.56. The molecule has 4 aliphatic carbocycles. The summed E-state index contributed by atoms with van der Waals surface area (Å²) in [4.78, 5) is 4.69. The molecule has 7 atom stereocenters. The van der Waals surface area contributed by atoms with Crippen molar-refractivity contribution in [2.45, 2.75) is 102 Å². The maximum Gasteiger partial charge on any atom is 0.102 e. The van der Waals surface area contributed by atoms with Crippen LogP contribution in [0.1, 0.15) is 82.3 Å². The highest BCUT2D eigenvalue weighted by Crippen LogP contribution is 2.60. The largest absolute Gasteiger partial charge is 0.393 e. The number of aromatic nitrogens is 1. The van der Waals surface area contributed by atoms with Crippen molar-refractivity contribution in [1.29, 1.82) is 0 Å². The number of fused-ring (bicyclic) bond motifs is 1. The molecule has 1 aromatic heterocycles. The molecule has 4 fully saturated rings. The molecule has 1 aromatic rings. The molecule has 196 valence electrons. The van der Waals surface area contributed by atoms with Gasteiger partial charge in [-0.1, -0.05) is 50.3 Å². The molecule has 0 amide bonds. The molecule has 0 unspecified atom stereocenters. The molecular weight excluding hydrogens is 466 g/mol. The summed E-state index contributed by atoms with van der Waals surface area (Å²) in [5.41, 5.74) is 4.43. The van der Waals surface area contributed by atoms with Crippen LogP contribution in [0, 0.1) is 30.1 Å². The molecule has 4 saturated carbocycles. The monoisotopic (exact) mass is 509 g/mol. The average molecular weight is 510 g/mol. The fraction of sp³-hybridized carbons (Fsp3) is 0.645. The van der Waals surface area contributed by atoms with Crippen LogP contribution in [0.15, 0.2) is 53.0 Å². The zero-order valence-corrected chi connectivity index (χ0v) is 22.9. The molecule has 5 rings (SSSR count). The lowest BCUT2D eigenvalue weighted by molar-refractivity contribution is 0.0862. The number of thiazole rings is 1. The summed E-state index contributed by atoms with van der Waals surface area (Å²) >= 11 is 1.69. The normalized spacial score (nSPS) is 38.0. The second-order valence-electron chi connectivity index (χ2n) is 12.3. The van der Waals surface area contributed by atoms with E-state index < -0.39 is 18.3 Å². The van der Waals surface area contributed by atoms with Crippen molar-refractivity contribution in [2.24, 2.45) is 23.2 Å². The van der Waals surface area contributed by atoms with Crippen LogP contribution >= 0.6 is 11.3 Å². The third-order valence-electron chi connectivity index (χ3n) is 9.93. The fourth-order valence-corrected chi connectivity index (χ4v) is 8.65. The number of allylic oxidation sites excluding steroid dienone is 4. The van der Waals surface area contributed by atoms with Crippen molar-refractivity contribution < 1.29 is 15.3 Å². The van der Waals surface area contributed by atoms with E-state index >= 15 is 0 Å². The predicted octanol–water partition coefficient (Wildman–Crippen LogP) is 6.18. The Hall–Kier alpha value is -1.53. The number of aliphatic hydroxyl groups excluding tert-OH is 3. The van der Waals surface area contributed by atoms with E-state index in [0.29, 0.717) is 30.6 Å². The Bertz CT molecular complexity index is 1080. The first kappa shape index (κ1) is 26.1.